The topological polar surface area (TPSA) is 77.7 Å². The van der Waals surface area contributed by atoms with Crippen molar-refractivity contribution in [3.8, 4) is 5.88 Å². The third kappa shape index (κ3) is 2.99. The zero-order valence-electron chi connectivity index (χ0n) is 13.3. The molecule has 2 aliphatic heterocycles. The summed E-state index contributed by atoms with van der Waals surface area (Å²) in [4.78, 5) is 22.2. The summed E-state index contributed by atoms with van der Waals surface area (Å²) in [5, 5.41) is 0. The van der Waals surface area contributed by atoms with E-state index in [-0.39, 0.29) is 17.6 Å². The van der Waals surface area contributed by atoms with Crippen LogP contribution in [0.25, 0.3) is 0 Å². The Morgan fingerprint density at radius 3 is 2.88 bits per heavy atom. The Kier molecular flexibility index (Phi) is 3.93. The Morgan fingerprint density at radius 1 is 1.29 bits per heavy atom. The third-order valence-electron chi connectivity index (χ3n) is 4.71. The molecule has 0 aliphatic carbocycles. The minimum absolute atomic E-state index is 0.0118. The fourth-order valence-electron chi connectivity index (χ4n) is 3.41. The Morgan fingerprint density at radius 2 is 2.17 bits per heavy atom. The van der Waals surface area contributed by atoms with Gasteiger partial charge in [0.2, 0.25) is 5.88 Å². The molecule has 4 heterocycles. The second-order valence-electron chi connectivity index (χ2n) is 6.27. The van der Waals surface area contributed by atoms with Crippen LogP contribution in [0.3, 0.4) is 0 Å². The molecule has 0 bridgehead atoms. The highest BCUT2D eigenvalue weighted by molar-refractivity contribution is 5.91. The summed E-state index contributed by atoms with van der Waals surface area (Å²) in [5.41, 5.74) is 0.162. The summed E-state index contributed by atoms with van der Waals surface area (Å²) in [6.45, 7) is 1.87. The van der Waals surface area contributed by atoms with Gasteiger partial charge in [-0.3, -0.25) is 4.79 Å². The molecule has 7 heteroatoms. The van der Waals surface area contributed by atoms with Crippen molar-refractivity contribution in [2.75, 3.05) is 19.7 Å². The molecular formula is C17H19N3O4. The van der Waals surface area contributed by atoms with Gasteiger partial charge in [-0.15, -0.1) is 0 Å². The van der Waals surface area contributed by atoms with Crippen molar-refractivity contribution in [3.05, 3.63) is 42.7 Å². The highest BCUT2D eigenvalue weighted by Gasteiger charge is 2.44. The van der Waals surface area contributed by atoms with E-state index in [1.807, 2.05) is 18.2 Å². The summed E-state index contributed by atoms with van der Waals surface area (Å²) in [5.74, 6) is 0.541. The fourth-order valence-corrected chi connectivity index (χ4v) is 3.41. The van der Waals surface area contributed by atoms with Crippen molar-refractivity contribution < 1.29 is 18.7 Å². The van der Waals surface area contributed by atoms with E-state index in [4.69, 9.17) is 13.9 Å². The second kappa shape index (κ2) is 6.24. The quantitative estimate of drug-likeness (QED) is 0.856. The van der Waals surface area contributed by atoms with Crippen LogP contribution in [0.2, 0.25) is 0 Å². The summed E-state index contributed by atoms with van der Waals surface area (Å²) >= 11 is 0. The zero-order chi connectivity index (χ0) is 16.4. The molecule has 126 valence electrons. The summed E-state index contributed by atoms with van der Waals surface area (Å²) < 4.78 is 16.8. The average Bonchev–Trinajstić information content (AvgIpc) is 3.27. The van der Waals surface area contributed by atoms with Crippen LogP contribution < -0.4 is 4.74 Å². The Balaban J connectivity index is 1.33. The highest BCUT2D eigenvalue weighted by Crippen LogP contribution is 2.37. The maximum atomic E-state index is 12.3. The van der Waals surface area contributed by atoms with Crippen LogP contribution in [0.5, 0.6) is 5.88 Å². The van der Waals surface area contributed by atoms with Gasteiger partial charge in [0.05, 0.1) is 12.2 Å². The first-order valence-electron chi connectivity index (χ1n) is 8.13. The van der Waals surface area contributed by atoms with Crippen LogP contribution in [0.15, 0.2) is 41.5 Å². The van der Waals surface area contributed by atoms with Gasteiger partial charge in [0.15, 0.2) is 12.1 Å². The number of carbonyl (C=O) groups excluding carboxylic acids is 1. The van der Waals surface area contributed by atoms with Crippen LogP contribution in [-0.2, 0) is 4.74 Å². The van der Waals surface area contributed by atoms with Gasteiger partial charge in [-0.2, -0.15) is 0 Å². The lowest BCUT2D eigenvalue weighted by molar-refractivity contribution is -0.0396. The number of nitrogens with zero attached hydrogens (tertiary/aromatic N) is 3. The number of amides is 1. The lowest BCUT2D eigenvalue weighted by atomic mass is 9.88. The number of likely N-dealkylation sites (tertiary alicyclic amines) is 1. The smallest absolute Gasteiger partial charge is 0.275 e. The lowest BCUT2D eigenvalue weighted by Crippen LogP contribution is -2.46. The van der Waals surface area contributed by atoms with Gasteiger partial charge < -0.3 is 18.8 Å². The average molecular weight is 329 g/mol. The van der Waals surface area contributed by atoms with Gasteiger partial charge >= 0.3 is 0 Å². The van der Waals surface area contributed by atoms with Gasteiger partial charge in [0, 0.05) is 31.8 Å². The number of aromatic nitrogens is 2. The van der Waals surface area contributed by atoms with Crippen molar-refractivity contribution in [1.29, 1.82) is 0 Å². The van der Waals surface area contributed by atoms with Gasteiger partial charge in [-0.05, 0) is 18.9 Å². The molecule has 2 aromatic heterocycles. The van der Waals surface area contributed by atoms with Crippen molar-refractivity contribution in [1.82, 2.24) is 14.9 Å². The van der Waals surface area contributed by atoms with E-state index in [0.717, 1.165) is 19.3 Å². The van der Waals surface area contributed by atoms with E-state index >= 15 is 0 Å². The van der Waals surface area contributed by atoms with E-state index in [0.29, 0.717) is 31.3 Å². The molecule has 0 N–H and O–H groups in total. The molecule has 24 heavy (non-hydrogen) atoms. The lowest BCUT2D eigenvalue weighted by Gasteiger charge is -2.38. The summed E-state index contributed by atoms with van der Waals surface area (Å²) in [6, 6.07) is 5.62. The number of carbonyl (C=O) groups is 1. The molecule has 2 saturated heterocycles. The third-order valence-corrected chi connectivity index (χ3v) is 4.71. The van der Waals surface area contributed by atoms with Crippen LogP contribution in [-0.4, -0.2) is 52.2 Å². The number of rotatable bonds is 3. The van der Waals surface area contributed by atoms with E-state index in [9.17, 15) is 4.79 Å². The zero-order valence-corrected chi connectivity index (χ0v) is 13.3. The molecule has 2 aliphatic rings. The first kappa shape index (κ1) is 15.1. The minimum Gasteiger partial charge on any atom is -0.472 e. The Hall–Kier alpha value is -2.41. The molecule has 1 atom stereocenters. The van der Waals surface area contributed by atoms with Gasteiger partial charge in [0.1, 0.15) is 12.4 Å². The monoisotopic (exact) mass is 329 g/mol. The maximum absolute atomic E-state index is 12.3. The molecule has 2 fully saturated rings. The number of hydrogen-bond donors (Lipinski definition) is 0. The SMILES string of the molecule is O=C(c1cocn1)N1CCC2(CC1)C[C@@H](Oc1ccccn1)CO2. The van der Waals surface area contributed by atoms with Crippen LogP contribution >= 0.6 is 0 Å². The first-order valence-corrected chi connectivity index (χ1v) is 8.13. The number of piperidine rings is 1. The number of oxazole rings is 1. The second-order valence-corrected chi connectivity index (χ2v) is 6.27. The normalized spacial score (nSPS) is 22.7. The predicted molar refractivity (Wildman–Crippen MR) is 83.6 cm³/mol. The van der Waals surface area contributed by atoms with Gasteiger partial charge in [-0.1, -0.05) is 6.07 Å². The summed E-state index contributed by atoms with van der Waals surface area (Å²) in [6.07, 6.45) is 6.83. The van der Waals surface area contributed by atoms with Crippen LogP contribution in [0.4, 0.5) is 0 Å². The fraction of sp³-hybridized carbons (Fsp3) is 0.471. The molecule has 0 unspecified atom stereocenters. The number of pyridine rings is 1. The molecule has 1 spiro atoms. The molecular weight excluding hydrogens is 310 g/mol. The van der Waals surface area contributed by atoms with Crippen LogP contribution in [0, 0.1) is 0 Å². The van der Waals surface area contributed by atoms with Crippen molar-refractivity contribution in [2.24, 2.45) is 0 Å². The largest absolute Gasteiger partial charge is 0.472 e. The van der Waals surface area contributed by atoms with Crippen molar-refractivity contribution in [2.45, 2.75) is 31.0 Å². The van der Waals surface area contributed by atoms with Crippen molar-refractivity contribution >= 4 is 5.91 Å². The first-order chi connectivity index (χ1) is 11.7. The van der Waals surface area contributed by atoms with E-state index in [2.05, 4.69) is 9.97 Å². The van der Waals surface area contributed by atoms with E-state index < -0.39 is 0 Å². The standard InChI is InChI=1S/C17H19N3O4/c21-16(14-11-22-12-19-14)20-7-4-17(5-8-20)9-13(10-23-17)24-15-3-1-2-6-18-15/h1-3,6,11-13H,4-5,7-10H2/t13-/m1/s1. The van der Waals surface area contributed by atoms with Crippen molar-refractivity contribution in [3.63, 3.8) is 0 Å². The number of hydrogen-bond acceptors (Lipinski definition) is 6. The molecule has 2 aromatic rings. The molecule has 4 rings (SSSR count). The predicted octanol–water partition coefficient (Wildman–Crippen LogP) is 1.91. The Bertz CT molecular complexity index is 681. The molecule has 1 amide bonds. The molecule has 0 saturated carbocycles. The van der Waals surface area contributed by atoms with Gasteiger partial charge in [-0.25, -0.2) is 9.97 Å². The maximum Gasteiger partial charge on any atom is 0.275 e. The number of ether oxygens (including phenoxy) is 2. The molecule has 0 radical (unpaired) electrons. The minimum atomic E-state index is -0.194. The highest BCUT2D eigenvalue weighted by atomic mass is 16.6. The Labute approximate surface area is 139 Å². The van der Waals surface area contributed by atoms with E-state index in [1.54, 1.807) is 11.1 Å². The molecule has 7 nitrogen and oxygen atoms in total. The van der Waals surface area contributed by atoms with Crippen LogP contribution in [0.1, 0.15) is 29.8 Å². The van der Waals surface area contributed by atoms with Gasteiger partial charge in [0.25, 0.3) is 5.91 Å². The molecule has 0 aromatic carbocycles. The summed E-state index contributed by atoms with van der Waals surface area (Å²) in [7, 11) is 0. The van der Waals surface area contributed by atoms with E-state index in [1.165, 1.54) is 12.7 Å².